The maximum Gasteiger partial charge on any atom is 0.224 e. The Hall–Kier alpha value is -2.85. The van der Waals surface area contributed by atoms with Crippen LogP contribution in [0.1, 0.15) is 11.1 Å². The number of benzene rings is 3. The highest BCUT2D eigenvalue weighted by molar-refractivity contribution is 6.30. The molecule has 3 nitrogen and oxygen atoms in total. The number of hydrogen-bond donors (Lipinski definition) is 2. The third-order valence-corrected chi connectivity index (χ3v) is 4.65. The Morgan fingerprint density at radius 3 is 2.69 bits per heavy atom. The Labute approximate surface area is 154 Å². The van der Waals surface area contributed by atoms with Crippen LogP contribution < -0.4 is 5.32 Å². The molecule has 2 N–H and O–H groups in total. The lowest BCUT2D eigenvalue weighted by molar-refractivity contribution is -0.120. The van der Waals surface area contributed by atoms with Crippen LogP contribution in [0.5, 0.6) is 0 Å². The first-order valence-corrected chi connectivity index (χ1v) is 8.68. The number of aromatic amines is 1. The average Bonchev–Trinajstić information content (AvgIpc) is 3.00. The predicted molar refractivity (Wildman–Crippen MR) is 103 cm³/mol. The molecule has 1 heterocycles. The van der Waals surface area contributed by atoms with Crippen molar-refractivity contribution in [2.24, 2.45) is 0 Å². The van der Waals surface area contributed by atoms with Crippen molar-refractivity contribution < 1.29 is 9.18 Å². The summed E-state index contributed by atoms with van der Waals surface area (Å²) >= 11 is 5.87. The van der Waals surface area contributed by atoms with Crippen LogP contribution in [0.4, 0.5) is 4.39 Å². The number of rotatable bonds is 4. The van der Waals surface area contributed by atoms with Gasteiger partial charge in [-0.05, 0) is 35.9 Å². The fourth-order valence-corrected chi connectivity index (χ4v) is 3.33. The fourth-order valence-electron chi connectivity index (χ4n) is 3.13. The lowest BCUT2D eigenvalue weighted by atomic mass is 10.1. The molecule has 0 spiro atoms. The van der Waals surface area contributed by atoms with Gasteiger partial charge in [0.15, 0.2) is 0 Å². The Kier molecular flexibility index (Phi) is 4.35. The molecule has 0 atom stereocenters. The maximum atomic E-state index is 13.7. The molecule has 0 aliphatic carbocycles. The maximum absolute atomic E-state index is 13.7. The van der Waals surface area contributed by atoms with E-state index < -0.39 is 0 Å². The summed E-state index contributed by atoms with van der Waals surface area (Å²) in [5, 5.41) is 5.48. The van der Waals surface area contributed by atoms with Gasteiger partial charge in [-0.25, -0.2) is 4.39 Å². The first-order chi connectivity index (χ1) is 12.6. The number of hydrogen-bond acceptors (Lipinski definition) is 1. The van der Waals surface area contributed by atoms with E-state index >= 15 is 0 Å². The summed E-state index contributed by atoms with van der Waals surface area (Å²) in [6.45, 7) is 0.111. The first kappa shape index (κ1) is 16.6. The number of H-pyrrole nitrogens is 1. The second-order valence-corrected chi connectivity index (χ2v) is 6.68. The molecular weight excluding hydrogens is 351 g/mol. The van der Waals surface area contributed by atoms with Gasteiger partial charge >= 0.3 is 0 Å². The number of carbonyl (C=O) groups excluding carboxylic acids is 1. The number of carbonyl (C=O) groups is 1. The normalized spacial score (nSPS) is 11.2. The van der Waals surface area contributed by atoms with Crippen LogP contribution in [0, 0.1) is 5.82 Å². The van der Waals surface area contributed by atoms with E-state index in [-0.39, 0.29) is 24.7 Å². The van der Waals surface area contributed by atoms with Gasteiger partial charge in [0.25, 0.3) is 0 Å². The molecule has 0 bridgehead atoms. The van der Waals surface area contributed by atoms with E-state index in [0.29, 0.717) is 10.6 Å². The van der Waals surface area contributed by atoms with Crippen molar-refractivity contribution in [1.82, 2.24) is 10.3 Å². The highest BCUT2D eigenvalue weighted by Crippen LogP contribution is 2.26. The number of nitrogens with one attached hydrogen (secondary N) is 2. The molecule has 0 saturated carbocycles. The summed E-state index contributed by atoms with van der Waals surface area (Å²) in [5.41, 5.74) is 3.34. The lowest BCUT2D eigenvalue weighted by Crippen LogP contribution is -2.25. The van der Waals surface area contributed by atoms with Crippen molar-refractivity contribution in [3.63, 3.8) is 0 Å². The van der Waals surface area contributed by atoms with Gasteiger partial charge in [0.05, 0.1) is 6.42 Å². The second kappa shape index (κ2) is 6.81. The van der Waals surface area contributed by atoms with Gasteiger partial charge in [0.1, 0.15) is 5.82 Å². The molecule has 4 aromatic rings. The van der Waals surface area contributed by atoms with E-state index in [4.69, 9.17) is 11.6 Å². The standard InChI is InChI=1S/C21H16ClFN2O/c22-15-6-8-18(23)14(11-15)12-24-21(26)10-13-5-7-17-16-3-1-2-4-19(16)25-20(17)9-13/h1-9,11,25H,10,12H2,(H,24,26). The summed E-state index contributed by atoms with van der Waals surface area (Å²) < 4.78 is 13.7. The van der Waals surface area contributed by atoms with E-state index in [0.717, 1.165) is 27.4 Å². The second-order valence-electron chi connectivity index (χ2n) is 6.24. The Morgan fingerprint density at radius 1 is 1.00 bits per heavy atom. The summed E-state index contributed by atoms with van der Waals surface area (Å²) in [6.07, 6.45) is 0.230. The van der Waals surface area contributed by atoms with Crippen LogP contribution in [0.15, 0.2) is 60.7 Å². The van der Waals surface area contributed by atoms with Gasteiger partial charge in [0, 0.05) is 38.9 Å². The molecule has 1 amide bonds. The summed E-state index contributed by atoms with van der Waals surface area (Å²) in [7, 11) is 0. The fraction of sp³-hybridized carbons (Fsp3) is 0.0952. The van der Waals surface area contributed by atoms with E-state index in [2.05, 4.69) is 16.4 Å². The molecule has 0 fully saturated rings. The Bertz CT molecular complexity index is 1120. The largest absolute Gasteiger partial charge is 0.355 e. The SMILES string of the molecule is O=C(Cc1ccc2c(c1)[nH]c1ccccc12)NCc1cc(Cl)ccc1F. The molecule has 0 aliphatic rings. The number of fused-ring (bicyclic) bond motifs is 3. The van der Waals surface area contributed by atoms with E-state index in [1.54, 1.807) is 0 Å². The minimum Gasteiger partial charge on any atom is -0.355 e. The van der Waals surface area contributed by atoms with Crippen molar-refractivity contribution in [3.05, 3.63) is 82.6 Å². The van der Waals surface area contributed by atoms with Gasteiger partial charge in [-0.15, -0.1) is 0 Å². The summed E-state index contributed by atoms with van der Waals surface area (Å²) in [6, 6.07) is 18.3. The van der Waals surface area contributed by atoms with Crippen molar-refractivity contribution in [1.29, 1.82) is 0 Å². The summed E-state index contributed by atoms with van der Waals surface area (Å²) in [4.78, 5) is 15.6. The van der Waals surface area contributed by atoms with Crippen LogP contribution in [-0.2, 0) is 17.8 Å². The molecule has 0 unspecified atom stereocenters. The zero-order valence-electron chi connectivity index (χ0n) is 13.9. The number of halogens is 2. The van der Waals surface area contributed by atoms with Gasteiger partial charge in [-0.3, -0.25) is 4.79 Å². The minimum absolute atomic E-state index is 0.111. The number of para-hydroxylation sites is 1. The van der Waals surface area contributed by atoms with E-state index in [1.165, 1.54) is 18.2 Å². The molecule has 0 saturated heterocycles. The Balaban J connectivity index is 1.48. The number of aromatic nitrogens is 1. The molecule has 4 rings (SSSR count). The Morgan fingerprint density at radius 2 is 1.81 bits per heavy atom. The van der Waals surface area contributed by atoms with Crippen molar-refractivity contribution in [2.75, 3.05) is 0 Å². The van der Waals surface area contributed by atoms with Crippen LogP contribution in [-0.4, -0.2) is 10.9 Å². The summed E-state index contributed by atoms with van der Waals surface area (Å²) in [5.74, 6) is -0.547. The molecule has 130 valence electrons. The van der Waals surface area contributed by atoms with Crippen molar-refractivity contribution in [2.45, 2.75) is 13.0 Å². The van der Waals surface area contributed by atoms with Crippen LogP contribution >= 0.6 is 11.6 Å². The highest BCUT2D eigenvalue weighted by atomic mass is 35.5. The topological polar surface area (TPSA) is 44.9 Å². The molecular formula is C21H16ClFN2O. The van der Waals surface area contributed by atoms with Gasteiger partial charge < -0.3 is 10.3 Å². The monoisotopic (exact) mass is 366 g/mol. The minimum atomic E-state index is -0.380. The van der Waals surface area contributed by atoms with Crippen molar-refractivity contribution >= 4 is 39.3 Å². The molecule has 1 aromatic heterocycles. The zero-order chi connectivity index (χ0) is 18.1. The first-order valence-electron chi connectivity index (χ1n) is 8.30. The van der Waals surface area contributed by atoms with Crippen LogP contribution in [0.2, 0.25) is 5.02 Å². The van der Waals surface area contributed by atoms with E-state index in [1.807, 2.05) is 36.4 Å². The molecule has 5 heteroatoms. The van der Waals surface area contributed by atoms with Gasteiger partial charge in [-0.1, -0.05) is 41.9 Å². The number of amides is 1. The quantitative estimate of drug-likeness (QED) is 0.526. The van der Waals surface area contributed by atoms with E-state index in [9.17, 15) is 9.18 Å². The average molecular weight is 367 g/mol. The molecule has 0 aliphatic heterocycles. The third kappa shape index (κ3) is 3.28. The smallest absolute Gasteiger partial charge is 0.224 e. The lowest BCUT2D eigenvalue weighted by Gasteiger charge is -2.07. The highest BCUT2D eigenvalue weighted by Gasteiger charge is 2.09. The van der Waals surface area contributed by atoms with Crippen LogP contribution in [0.3, 0.4) is 0 Å². The molecule has 3 aromatic carbocycles. The predicted octanol–water partition coefficient (Wildman–Crippen LogP) is 4.97. The third-order valence-electron chi connectivity index (χ3n) is 4.42. The van der Waals surface area contributed by atoms with Crippen molar-refractivity contribution in [3.8, 4) is 0 Å². The van der Waals surface area contributed by atoms with Crippen LogP contribution in [0.25, 0.3) is 21.8 Å². The van der Waals surface area contributed by atoms with Gasteiger partial charge in [-0.2, -0.15) is 0 Å². The molecule has 0 radical (unpaired) electrons. The van der Waals surface area contributed by atoms with Gasteiger partial charge in [0.2, 0.25) is 5.91 Å². The zero-order valence-corrected chi connectivity index (χ0v) is 14.6. The molecule has 26 heavy (non-hydrogen) atoms.